The van der Waals surface area contributed by atoms with Gasteiger partial charge in [-0.2, -0.15) is 8.42 Å². The van der Waals surface area contributed by atoms with Gasteiger partial charge in [-0.25, -0.2) is 0 Å². The molecule has 138 valence electrons. The highest BCUT2D eigenvalue weighted by molar-refractivity contribution is 7.79. The van der Waals surface area contributed by atoms with E-state index in [4.69, 9.17) is 28.0 Å². The monoisotopic (exact) mass is 364 g/mol. The molecule has 0 aliphatic heterocycles. The van der Waals surface area contributed by atoms with Gasteiger partial charge in [0.15, 0.2) is 0 Å². The number of nitrogens with one attached hydrogen (secondary N) is 1. The Hall–Kier alpha value is -1.72. The third kappa shape index (κ3) is 15.2. The van der Waals surface area contributed by atoms with Crippen molar-refractivity contribution in [2.75, 3.05) is 13.2 Å². The SMILES string of the molecule is CC(C)NCC(O)COc1ccc(CC(N)=O)cc1.O=S(=O)(O)O. The summed E-state index contributed by atoms with van der Waals surface area (Å²) in [5.41, 5.74) is 5.96. The molecule has 1 rings (SSSR count). The number of aliphatic hydroxyl groups is 1. The molecule has 1 aromatic carbocycles. The second-order valence-electron chi connectivity index (χ2n) is 5.26. The Morgan fingerprint density at radius 1 is 1.25 bits per heavy atom. The van der Waals surface area contributed by atoms with Gasteiger partial charge in [0.25, 0.3) is 0 Å². The van der Waals surface area contributed by atoms with Gasteiger partial charge in [0.05, 0.1) is 6.42 Å². The van der Waals surface area contributed by atoms with Crippen molar-refractivity contribution in [1.82, 2.24) is 5.32 Å². The Morgan fingerprint density at radius 3 is 2.17 bits per heavy atom. The zero-order valence-electron chi connectivity index (χ0n) is 13.5. The summed E-state index contributed by atoms with van der Waals surface area (Å²) in [5.74, 6) is 0.306. The quantitative estimate of drug-likeness (QED) is 0.396. The van der Waals surface area contributed by atoms with Crippen molar-refractivity contribution in [3.05, 3.63) is 29.8 Å². The van der Waals surface area contributed by atoms with Gasteiger partial charge < -0.3 is 20.9 Å². The summed E-state index contributed by atoms with van der Waals surface area (Å²) in [4.78, 5) is 10.7. The van der Waals surface area contributed by atoms with Crippen LogP contribution >= 0.6 is 0 Å². The summed E-state index contributed by atoms with van der Waals surface area (Å²) in [5, 5.41) is 12.8. The Kier molecular flexibility index (Phi) is 10.2. The zero-order chi connectivity index (χ0) is 18.8. The molecular formula is C14H24N2O7S. The van der Waals surface area contributed by atoms with Crippen LogP contribution in [0.5, 0.6) is 5.75 Å². The van der Waals surface area contributed by atoms with Gasteiger partial charge in [0.2, 0.25) is 5.91 Å². The number of nitrogens with two attached hydrogens (primary N) is 1. The predicted molar refractivity (Wildman–Crippen MR) is 88.2 cm³/mol. The lowest BCUT2D eigenvalue weighted by Crippen LogP contribution is -2.35. The van der Waals surface area contributed by atoms with Crippen LogP contribution in [0.25, 0.3) is 0 Å². The van der Waals surface area contributed by atoms with E-state index in [1.165, 1.54) is 0 Å². The molecule has 0 aliphatic rings. The number of rotatable bonds is 8. The summed E-state index contributed by atoms with van der Waals surface area (Å²) in [6.45, 7) is 4.77. The van der Waals surface area contributed by atoms with E-state index in [1.54, 1.807) is 24.3 Å². The molecule has 0 saturated carbocycles. The number of ether oxygens (including phenoxy) is 1. The molecule has 6 N–H and O–H groups in total. The fourth-order valence-corrected chi connectivity index (χ4v) is 1.53. The predicted octanol–water partition coefficient (Wildman–Crippen LogP) is -0.201. The Bertz CT molecular complexity index is 580. The van der Waals surface area contributed by atoms with E-state index in [1.807, 2.05) is 13.8 Å². The third-order valence-electron chi connectivity index (χ3n) is 2.51. The molecule has 0 aliphatic carbocycles. The maximum absolute atomic E-state index is 10.7. The van der Waals surface area contributed by atoms with Gasteiger partial charge in [-0.1, -0.05) is 26.0 Å². The minimum atomic E-state index is -4.67. The number of hydrogen-bond acceptors (Lipinski definition) is 6. The minimum Gasteiger partial charge on any atom is -0.491 e. The second-order valence-corrected chi connectivity index (χ2v) is 6.16. The molecule has 24 heavy (non-hydrogen) atoms. The lowest BCUT2D eigenvalue weighted by molar-refractivity contribution is -0.117. The normalized spacial score (nSPS) is 12.2. The lowest BCUT2D eigenvalue weighted by atomic mass is 10.1. The number of carbonyl (C=O) groups excluding carboxylic acids is 1. The standard InChI is InChI=1S/C14H22N2O3.H2O4S/c1-10(2)16-8-12(17)9-19-13-5-3-11(4-6-13)7-14(15)18;1-5(2,3)4/h3-6,10,12,16-17H,7-9H2,1-2H3,(H2,15,18);(H2,1,2,3,4). The molecule has 10 heteroatoms. The molecule has 1 amide bonds. The van der Waals surface area contributed by atoms with Crippen molar-refractivity contribution in [2.24, 2.45) is 5.73 Å². The van der Waals surface area contributed by atoms with Crippen molar-refractivity contribution in [3.8, 4) is 5.75 Å². The fraction of sp³-hybridized carbons (Fsp3) is 0.500. The van der Waals surface area contributed by atoms with Crippen LogP contribution in [-0.4, -0.2) is 53.8 Å². The summed E-state index contributed by atoms with van der Waals surface area (Å²) in [6, 6.07) is 7.45. The van der Waals surface area contributed by atoms with Gasteiger partial charge in [-0.3, -0.25) is 13.9 Å². The lowest BCUT2D eigenvalue weighted by Gasteiger charge is -2.15. The molecule has 1 unspecified atom stereocenters. The van der Waals surface area contributed by atoms with E-state index >= 15 is 0 Å². The maximum atomic E-state index is 10.7. The highest BCUT2D eigenvalue weighted by Crippen LogP contribution is 2.12. The number of benzene rings is 1. The zero-order valence-corrected chi connectivity index (χ0v) is 14.4. The van der Waals surface area contributed by atoms with Crippen LogP contribution in [0.4, 0.5) is 0 Å². The van der Waals surface area contributed by atoms with Gasteiger partial charge in [0, 0.05) is 12.6 Å². The van der Waals surface area contributed by atoms with E-state index in [-0.39, 0.29) is 18.9 Å². The van der Waals surface area contributed by atoms with Crippen LogP contribution in [0.2, 0.25) is 0 Å². The first kappa shape index (κ1) is 22.3. The van der Waals surface area contributed by atoms with Gasteiger partial charge in [-0.15, -0.1) is 0 Å². The Morgan fingerprint density at radius 2 is 1.75 bits per heavy atom. The molecule has 0 bridgehead atoms. The fourth-order valence-electron chi connectivity index (χ4n) is 1.53. The van der Waals surface area contributed by atoms with E-state index in [2.05, 4.69) is 5.32 Å². The average molecular weight is 364 g/mol. The van der Waals surface area contributed by atoms with Gasteiger partial charge in [-0.05, 0) is 17.7 Å². The molecule has 1 atom stereocenters. The highest BCUT2D eigenvalue weighted by Gasteiger charge is 2.06. The van der Waals surface area contributed by atoms with Crippen LogP contribution in [0.1, 0.15) is 19.4 Å². The molecule has 0 radical (unpaired) electrons. The largest absolute Gasteiger partial charge is 0.491 e. The first-order valence-corrected chi connectivity index (χ1v) is 8.48. The topological polar surface area (TPSA) is 159 Å². The second kappa shape index (κ2) is 10.9. The molecule has 9 nitrogen and oxygen atoms in total. The van der Waals surface area contributed by atoms with Crippen LogP contribution in [0.3, 0.4) is 0 Å². The van der Waals surface area contributed by atoms with Gasteiger partial charge in [0.1, 0.15) is 18.5 Å². The smallest absolute Gasteiger partial charge is 0.394 e. The van der Waals surface area contributed by atoms with Crippen molar-refractivity contribution in [1.29, 1.82) is 0 Å². The summed E-state index contributed by atoms with van der Waals surface area (Å²) < 4.78 is 37.0. The van der Waals surface area contributed by atoms with Gasteiger partial charge >= 0.3 is 10.4 Å². The summed E-state index contributed by atoms with van der Waals surface area (Å²) in [6.07, 6.45) is -0.325. The molecule has 0 fully saturated rings. The van der Waals surface area contributed by atoms with Crippen molar-refractivity contribution in [2.45, 2.75) is 32.4 Å². The summed E-state index contributed by atoms with van der Waals surface area (Å²) >= 11 is 0. The highest BCUT2D eigenvalue weighted by atomic mass is 32.3. The molecule has 1 aromatic rings. The van der Waals surface area contributed by atoms with E-state index in [9.17, 15) is 9.90 Å². The van der Waals surface area contributed by atoms with Crippen molar-refractivity contribution in [3.63, 3.8) is 0 Å². The first-order chi connectivity index (χ1) is 11.0. The van der Waals surface area contributed by atoms with Crippen molar-refractivity contribution < 1.29 is 32.2 Å². The minimum absolute atomic E-state index is 0.223. The third-order valence-corrected chi connectivity index (χ3v) is 2.51. The number of amides is 1. The first-order valence-electron chi connectivity index (χ1n) is 7.08. The number of aliphatic hydroxyl groups excluding tert-OH is 1. The van der Waals surface area contributed by atoms with Crippen molar-refractivity contribution >= 4 is 16.3 Å². The number of hydrogen-bond donors (Lipinski definition) is 5. The van der Waals surface area contributed by atoms with Crippen LogP contribution in [0.15, 0.2) is 24.3 Å². The average Bonchev–Trinajstić information content (AvgIpc) is 2.42. The van der Waals surface area contributed by atoms with Crippen LogP contribution in [-0.2, 0) is 21.6 Å². The molecular weight excluding hydrogens is 340 g/mol. The molecule has 0 saturated heterocycles. The number of primary amides is 1. The van der Waals surface area contributed by atoms with E-state index in [0.29, 0.717) is 18.3 Å². The van der Waals surface area contributed by atoms with Crippen LogP contribution < -0.4 is 15.8 Å². The molecule has 0 heterocycles. The van der Waals surface area contributed by atoms with E-state index in [0.717, 1.165) is 5.56 Å². The molecule has 0 aromatic heterocycles. The Labute approximate surface area is 141 Å². The summed E-state index contributed by atoms with van der Waals surface area (Å²) in [7, 11) is -4.67. The Balaban J connectivity index is 0.000000922. The maximum Gasteiger partial charge on any atom is 0.394 e. The van der Waals surface area contributed by atoms with E-state index < -0.39 is 16.5 Å². The van der Waals surface area contributed by atoms with Crippen LogP contribution in [0, 0.1) is 0 Å². The molecule has 0 spiro atoms. The number of carbonyl (C=O) groups is 1.